The molecule has 7 heteroatoms. The lowest BCUT2D eigenvalue weighted by Crippen LogP contribution is -3.00. The van der Waals surface area contributed by atoms with Gasteiger partial charge in [-0.05, 0) is 19.4 Å². The van der Waals surface area contributed by atoms with Crippen LogP contribution in [-0.4, -0.2) is 35.4 Å². The number of hydrogen-bond acceptors (Lipinski definition) is 5. The fourth-order valence-corrected chi connectivity index (χ4v) is 1.71. The molecule has 0 radical (unpaired) electrons. The van der Waals surface area contributed by atoms with Crippen molar-refractivity contribution in [2.45, 2.75) is 19.4 Å². The van der Waals surface area contributed by atoms with Gasteiger partial charge in [0, 0.05) is 6.54 Å². The summed E-state index contributed by atoms with van der Waals surface area (Å²) in [5, 5.41) is 4.06. The SMILES string of the molecule is CC1(C)COCCN1N1C=C(N)O[NH2+]1.[Cl-]. The summed E-state index contributed by atoms with van der Waals surface area (Å²) in [5.41, 5.74) is 7.11. The molecule has 1 saturated heterocycles. The van der Waals surface area contributed by atoms with Gasteiger partial charge in [0.1, 0.15) is 6.20 Å². The van der Waals surface area contributed by atoms with E-state index in [-0.39, 0.29) is 17.9 Å². The Morgan fingerprint density at radius 3 is 2.80 bits per heavy atom. The number of morpholine rings is 1. The summed E-state index contributed by atoms with van der Waals surface area (Å²) in [4.78, 5) is 5.07. The smallest absolute Gasteiger partial charge is 0.279 e. The molecule has 0 atom stereocenters. The van der Waals surface area contributed by atoms with Gasteiger partial charge in [-0.15, -0.1) is 5.12 Å². The molecule has 0 unspecified atom stereocenters. The molecule has 0 aromatic carbocycles. The van der Waals surface area contributed by atoms with E-state index >= 15 is 0 Å². The third-order valence-corrected chi connectivity index (χ3v) is 2.44. The maximum Gasteiger partial charge on any atom is 0.279 e. The molecular weight excluding hydrogens is 220 g/mol. The number of quaternary nitrogens is 1. The predicted molar refractivity (Wildman–Crippen MR) is 48.7 cm³/mol. The van der Waals surface area contributed by atoms with Crippen LogP contribution in [-0.2, 0) is 9.57 Å². The van der Waals surface area contributed by atoms with E-state index in [4.69, 9.17) is 15.3 Å². The summed E-state index contributed by atoms with van der Waals surface area (Å²) in [6.45, 7) is 6.55. The number of halogens is 1. The molecule has 0 spiro atoms. The van der Waals surface area contributed by atoms with Crippen molar-refractivity contribution >= 4 is 0 Å². The zero-order chi connectivity index (χ0) is 10.2. The van der Waals surface area contributed by atoms with Crippen LogP contribution in [0.3, 0.4) is 0 Å². The van der Waals surface area contributed by atoms with Gasteiger partial charge in [0.2, 0.25) is 0 Å². The zero-order valence-corrected chi connectivity index (χ0v) is 9.70. The third kappa shape index (κ3) is 2.46. The van der Waals surface area contributed by atoms with Gasteiger partial charge < -0.3 is 22.9 Å². The first-order chi connectivity index (χ1) is 6.59. The van der Waals surface area contributed by atoms with Crippen LogP contribution in [0.4, 0.5) is 0 Å². The number of hydrazine groups is 1. The second-order valence-electron chi connectivity index (χ2n) is 4.12. The van der Waals surface area contributed by atoms with Crippen LogP contribution in [0.15, 0.2) is 12.1 Å². The molecule has 0 aliphatic carbocycles. The van der Waals surface area contributed by atoms with Gasteiger partial charge in [0.25, 0.3) is 5.88 Å². The van der Waals surface area contributed by atoms with E-state index in [2.05, 4.69) is 18.9 Å². The fourth-order valence-electron chi connectivity index (χ4n) is 1.71. The summed E-state index contributed by atoms with van der Waals surface area (Å²) >= 11 is 0. The molecule has 4 N–H and O–H groups in total. The second kappa shape index (κ2) is 4.44. The van der Waals surface area contributed by atoms with Crippen molar-refractivity contribution in [3.8, 4) is 0 Å². The Morgan fingerprint density at radius 1 is 1.53 bits per heavy atom. The van der Waals surface area contributed by atoms with Gasteiger partial charge in [0.05, 0.1) is 18.8 Å². The van der Waals surface area contributed by atoms with Crippen molar-refractivity contribution in [1.29, 1.82) is 0 Å². The molecule has 0 saturated carbocycles. The first kappa shape index (κ1) is 12.4. The van der Waals surface area contributed by atoms with Gasteiger partial charge >= 0.3 is 0 Å². The average Bonchev–Trinajstić information content (AvgIpc) is 2.51. The van der Waals surface area contributed by atoms with E-state index in [0.29, 0.717) is 12.5 Å². The molecule has 0 aromatic rings. The lowest BCUT2D eigenvalue weighted by atomic mass is 10.1. The highest BCUT2D eigenvalue weighted by Gasteiger charge is 2.37. The molecule has 0 amide bonds. The lowest BCUT2D eigenvalue weighted by Gasteiger charge is -2.42. The van der Waals surface area contributed by atoms with E-state index in [1.165, 1.54) is 0 Å². The molecular formula is C8H17ClN4O2. The topological polar surface area (TPSA) is 67.6 Å². The summed E-state index contributed by atoms with van der Waals surface area (Å²) in [6.07, 6.45) is 1.77. The first-order valence-corrected chi connectivity index (χ1v) is 4.70. The molecule has 2 aliphatic heterocycles. The van der Waals surface area contributed by atoms with E-state index in [1.54, 1.807) is 11.8 Å². The van der Waals surface area contributed by atoms with Crippen molar-refractivity contribution < 1.29 is 27.6 Å². The van der Waals surface area contributed by atoms with Crippen LogP contribution in [0.2, 0.25) is 0 Å². The van der Waals surface area contributed by atoms with Gasteiger partial charge in [-0.25, -0.2) is 0 Å². The van der Waals surface area contributed by atoms with Crippen LogP contribution >= 0.6 is 0 Å². The minimum Gasteiger partial charge on any atom is -1.00 e. The highest BCUT2D eigenvalue weighted by molar-refractivity contribution is 4.88. The largest absolute Gasteiger partial charge is 1.00 e. The number of ether oxygens (including phenoxy) is 1. The number of nitrogens with zero attached hydrogens (tertiary/aromatic N) is 2. The Morgan fingerprint density at radius 2 is 2.27 bits per heavy atom. The molecule has 88 valence electrons. The molecule has 1 fully saturated rings. The first-order valence-electron chi connectivity index (χ1n) is 4.70. The molecule has 0 bridgehead atoms. The van der Waals surface area contributed by atoms with E-state index in [9.17, 15) is 0 Å². The van der Waals surface area contributed by atoms with Crippen LogP contribution in [0.5, 0.6) is 0 Å². The Balaban J connectivity index is 0.00000112. The Bertz CT molecular complexity index is 259. The highest BCUT2D eigenvalue weighted by atomic mass is 35.5. The normalized spacial score (nSPS) is 25.5. The van der Waals surface area contributed by atoms with Crippen molar-refractivity contribution in [3.05, 3.63) is 12.1 Å². The molecule has 2 aliphatic rings. The van der Waals surface area contributed by atoms with Gasteiger partial charge in [0.15, 0.2) is 0 Å². The summed E-state index contributed by atoms with van der Waals surface area (Å²) in [5.74, 6) is 0.423. The summed E-state index contributed by atoms with van der Waals surface area (Å²) < 4.78 is 5.43. The molecule has 6 nitrogen and oxygen atoms in total. The van der Waals surface area contributed by atoms with E-state index in [1.807, 2.05) is 5.12 Å². The van der Waals surface area contributed by atoms with Crippen LogP contribution in [0, 0.1) is 0 Å². The van der Waals surface area contributed by atoms with Crippen molar-refractivity contribution in [2.24, 2.45) is 5.73 Å². The number of nitrogens with two attached hydrogens (primary N) is 2. The van der Waals surface area contributed by atoms with Crippen molar-refractivity contribution in [1.82, 2.24) is 10.1 Å². The maximum absolute atomic E-state index is 5.53. The van der Waals surface area contributed by atoms with Gasteiger partial charge in [-0.2, -0.15) is 5.01 Å². The molecule has 2 heterocycles. The van der Waals surface area contributed by atoms with Crippen LogP contribution in [0.1, 0.15) is 13.8 Å². The summed E-state index contributed by atoms with van der Waals surface area (Å²) in [6, 6.07) is 0. The van der Waals surface area contributed by atoms with Crippen LogP contribution < -0.4 is 23.7 Å². The standard InChI is InChI=1S/C8H16N4O2.ClH/c1-8(2)6-13-4-3-11(8)12-5-7(9)14-10-12;/h5,10H,3-4,6,9H2,1-2H3;1H. The van der Waals surface area contributed by atoms with Gasteiger partial charge in [-0.1, -0.05) is 0 Å². The lowest BCUT2D eigenvalue weighted by molar-refractivity contribution is -0.992. The maximum atomic E-state index is 5.53. The number of hydrogen-bond donors (Lipinski definition) is 2. The Labute approximate surface area is 95.3 Å². The van der Waals surface area contributed by atoms with Gasteiger partial charge in [-0.3, -0.25) is 4.84 Å². The van der Waals surface area contributed by atoms with E-state index in [0.717, 1.165) is 13.2 Å². The minimum atomic E-state index is -0.0285. The molecule has 2 rings (SSSR count). The number of rotatable bonds is 1. The zero-order valence-electron chi connectivity index (χ0n) is 8.94. The monoisotopic (exact) mass is 236 g/mol. The average molecular weight is 237 g/mol. The molecule has 0 aromatic heterocycles. The van der Waals surface area contributed by atoms with E-state index < -0.39 is 0 Å². The highest BCUT2D eigenvalue weighted by Crippen LogP contribution is 2.20. The minimum absolute atomic E-state index is 0. The Kier molecular flexibility index (Phi) is 3.67. The third-order valence-electron chi connectivity index (χ3n) is 2.44. The quantitative estimate of drug-likeness (QED) is 0.450. The Hall–Kier alpha value is -0.690. The summed E-state index contributed by atoms with van der Waals surface area (Å²) in [7, 11) is 0. The van der Waals surface area contributed by atoms with Crippen LogP contribution in [0.25, 0.3) is 0 Å². The van der Waals surface area contributed by atoms with Crippen molar-refractivity contribution in [3.63, 3.8) is 0 Å². The van der Waals surface area contributed by atoms with Crippen molar-refractivity contribution in [2.75, 3.05) is 19.8 Å². The second-order valence-corrected chi connectivity index (χ2v) is 4.12. The molecule has 15 heavy (non-hydrogen) atoms. The fraction of sp³-hybridized carbons (Fsp3) is 0.750. The predicted octanol–water partition coefficient (Wildman–Crippen LogP) is -4.50.